The van der Waals surface area contributed by atoms with E-state index in [1.807, 2.05) is 19.9 Å². The molecule has 0 aliphatic heterocycles. The van der Waals surface area contributed by atoms with E-state index in [0.717, 1.165) is 5.76 Å². The average molecular weight is 141 g/mol. The fraction of sp³-hybridized carbons (Fsp3) is 0.286. The largest absolute Gasteiger partial charge is 0.469 e. The molecule has 0 saturated heterocycles. The Bertz CT molecular complexity index is 177. The summed E-state index contributed by atoms with van der Waals surface area (Å²) in [6, 6.07) is 1.95. The fourth-order valence-electron chi connectivity index (χ4n) is 0.448. The van der Waals surface area contributed by atoms with Crippen LogP contribution in [-0.4, -0.2) is 6.41 Å². The number of aryl methyl sites for hydroxylation is 2. The van der Waals surface area contributed by atoms with E-state index in [-0.39, 0.29) is 6.41 Å². The van der Waals surface area contributed by atoms with Gasteiger partial charge in [0.15, 0.2) is 0 Å². The van der Waals surface area contributed by atoms with Crippen LogP contribution in [0.5, 0.6) is 0 Å². The first-order valence-corrected chi connectivity index (χ1v) is 2.88. The van der Waals surface area contributed by atoms with Crippen molar-refractivity contribution in [2.24, 2.45) is 5.73 Å². The van der Waals surface area contributed by atoms with Crippen LogP contribution in [0.15, 0.2) is 16.7 Å². The van der Waals surface area contributed by atoms with Crippen LogP contribution in [0.1, 0.15) is 11.3 Å². The lowest BCUT2D eigenvalue weighted by molar-refractivity contribution is -0.106. The van der Waals surface area contributed by atoms with E-state index in [1.54, 1.807) is 6.26 Å². The molecular formula is C7H11NO2. The molecule has 0 aliphatic rings. The van der Waals surface area contributed by atoms with Gasteiger partial charge in [0, 0.05) is 0 Å². The predicted molar refractivity (Wildman–Crippen MR) is 38.4 cm³/mol. The van der Waals surface area contributed by atoms with E-state index in [9.17, 15) is 0 Å². The number of hydrogen-bond acceptors (Lipinski definition) is 2. The molecule has 1 aromatic heterocycles. The van der Waals surface area contributed by atoms with Crippen LogP contribution in [0, 0.1) is 13.8 Å². The summed E-state index contributed by atoms with van der Waals surface area (Å²) in [6.45, 7) is 3.98. The molecule has 0 aliphatic carbocycles. The summed E-state index contributed by atoms with van der Waals surface area (Å²) in [4.78, 5) is 8.58. The Hall–Kier alpha value is -1.25. The summed E-state index contributed by atoms with van der Waals surface area (Å²) in [5.41, 5.74) is 5.39. The zero-order valence-electron chi connectivity index (χ0n) is 6.13. The van der Waals surface area contributed by atoms with Crippen LogP contribution < -0.4 is 5.73 Å². The minimum atomic E-state index is 0.250. The molecule has 1 rings (SSSR count). The van der Waals surface area contributed by atoms with Crippen LogP contribution in [-0.2, 0) is 4.79 Å². The summed E-state index contributed by atoms with van der Waals surface area (Å²) < 4.78 is 4.96. The molecule has 0 radical (unpaired) electrons. The van der Waals surface area contributed by atoms with Crippen molar-refractivity contribution in [3.05, 3.63) is 23.7 Å². The minimum Gasteiger partial charge on any atom is -0.469 e. The Kier molecular flexibility index (Phi) is 4.04. The van der Waals surface area contributed by atoms with E-state index in [4.69, 9.17) is 9.21 Å². The molecule has 1 aromatic rings. The van der Waals surface area contributed by atoms with Crippen LogP contribution in [0.25, 0.3) is 0 Å². The normalized spacial score (nSPS) is 7.80. The van der Waals surface area contributed by atoms with Gasteiger partial charge >= 0.3 is 0 Å². The van der Waals surface area contributed by atoms with Crippen molar-refractivity contribution in [2.45, 2.75) is 13.8 Å². The molecule has 0 bridgehead atoms. The van der Waals surface area contributed by atoms with Crippen molar-refractivity contribution in [3.63, 3.8) is 0 Å². The third kappa shape index (κ3) is 2.91. The van der Waals surface area contributed by atoms with Crippen molar-refractivity contribution < 1.29 is 9.21 Å². The van der Waals surface area contributed by atoms with Gasteiger partial charge in [-0.3, -0.25) is 4.79 Å². The second-order valence-corrected chi connectivity index (χ2v) is 1.80. The predicted octanol–water partition coefficient (Wildman–Crippen LogP) is 0.998. The SMILES string of the molecule is Cc1ccoc1C.NC=O. The van der Waals surface area contributed by atoms with Gasteiger partial charge in [0.05, 0.1) is 6.26 Å². The molecule has 1 amide bonds. The lowest BCUT2D eigenvalue weighted by Gasteiger charge is -1.79. The third-order valence-corrected chi connectivity index (χ3v) is 1.12. The van der Waals surface area contributed by atoms with Crippen LogP contribution >= 0.6 is 0 Å². The van der Waals surface area contributed by atoms with Crippen molar-refractivity contribution >= 4 is 6.41 Å². The van der Waals surface area contributed by atoms with E-state index < -0.39 is 0 Å². The number of hydrogen-bond donors (Lipinski definition) is 1. The number of amides is 1. The first-order valence-electron chi connectivity index (χ1n) is 2.88. The molecule has 3 heteroatoms. The molecule has 0 unspecified atom stereocenters. The summed E-state index contributed by atoms with van der Waals surface area (Å²) in [7, 11) is 0. The summed E-state index contributed by atoms with van der Waals surface area (Å²) in [6.07, 6.45) is 1.95. The quantitative estimate of drug-likeness (QED) is 0.548. The Morgan fingerprint density at radius 1 is 1.60 bits per heavy atom. The average Bonchev–Trinajstić information content (AvgIpc) is 2.19. The smallest absolute Gasteiger partial charge is 0.204 e. The fourth-order valence-corrected chi connectivity index (χ4v) is 0.448. The van der Waals surface area contributed by atoms with Crippen molar-refractivity contribution in [1.29, 1.82) is 0 Å². The Morgan fingerprint density at radius 3 is 2.20 bits per heavy atom. The third-order valence-electron chi connectivity index (χ3n) is 1.12. The zero-order chi connectivity index (χ0) is 7.98. The van der Waals surface area contributed by atoms with Crippen LogP contribution in [0.2, 0.25) is 0 Å². The topological polar surface area (TPSA) is 56.2 Å². The number of nitrogens with two attached hydrogens (primary N) is 1. The van der Waals surface area contributed by atoms with Crippen LogP contribution in [0.4, 0.5) is 0 Å². The molecule has 1 heterocycles. The van der Waals surface area contributed by atoms with Gasteiger partial charge in [0.25, 0.3) is 0 Å². The standard InChI is InChI=1S/C6H8O.CH3NO/c1-5-3-4-7-6(5)2;2-1-3/h3-4H,1-2H3;1H,(H2,2,3). The van der Waals surface area contributed by atoms with Crippen LogP contribution in [0.3, 0.4) is 0 Å². The lowest BCUT2D eigenvalue weighted by Crippen LogP contribution is -1.82. The van der Waals surface area contributed by atoms with Crippen molar-refractivity contribution in [1.82, 2.24) is 0 Å². The first-order chi connectivity index (χ1) is 4.72. The van der Waals surface area contributed by atoms with Gasteiger partial charge in [-0.25, -0.2) is 0 Å². The lowest BCUT2D eigenvalue weighted by atomic mass is 10.3. The maximum atomic E-state index is 8.58. The van der Waals surface area contributed by atoms with Gasteiger partial charge in [-0.2, -0.15) is 0 Å². The van der Waals surface area contributed by atoms with E-state index in [2.05, 4.69) is 5.73 Å². The Labute approximate surface area is 59.8 Å². The molecule has 0 spiro atoms. The van der Waals surface area contributed by atoms with Gasteiger partial charge in [-0.05, 0) is 25.5 Å². The summed E-state index contributed by atoms with van der Waals surface area (Å²) in [5.74, 6) is 1.01. The van der Waals surface area contributed by atoms with Gasteiger partial charge < -0.3 is 10.2 Å². The van der Waals surface area contributed by atoms with Crippen molar-refractivity contribution in [2.75, 3.05) is 0 Å². The number of carbonyl (C=O) groups excluding carboxylic acids is 1. The molecule has 0 saturated carbocycles. The van der Waals surface area contributed by atoms with Gasteiger partial charge in [0.2, 0.25) is 6.41 Å². The number of carbonyl (C=O) groups is 1. The summed E-state index contributed by atoms with van der Waals surface area (Å²) in [5, 5.41) is 0. The molecule has 2 N–H and O–H groups in total. The number of primary amides is 1. The van der Waals surface area contributed by atoms with Gasteiger partial charge in [0.1, 0.15) is 5.76 Å². The van der Waals surface area contributed by atoms with Gasteiger partial charge in [-0.15, -0.1) is 0 Å². The van der Waals surface area contributed by atoms with Crippen molar-refractivity contribution in [3.8, 4) is 0 Å². The molecular weight excluding hydrogens is 130 g/mol. The highest BCUT2D eigenvalue weighted by molar-refractivity contribution is 5.42. The highest BCUT2D eigenvalue weighted by atomic mass is 16.3. The highest BCUT2D eigenvalue weighted by Gasteiger charge is 1.88. The second kappa shape index (κ2) is 4.61. The van der Waals surface area contributed by atoms with Gasteiger partial charge in [-0.1, -0.05) is 0 Å². The Morgan fingerprint density at radius 2 is 2.10 bits per heavy atom. The number of furan rings is 1. The first kappa shape index (κ1) is 8.75. The Balaban J connectivity index is 0.000000236. The van der Waals surface area contributed by atoms with E-state index in [1.165, 1.54) is 5.56 Å². The van der Waals surface area contributed by atoms with E-state index in [0.29, 0.717) is 0 Å². The molecule has 0 atom stereocenters. The monoisotopic (exact) mass is 141 g/mol. The molecule has 0 fully saturated rings. The number of rotatable bonds is 0. The maximum Gasteiger partial charge on any atom is 0.204 e. The summed E-state index contributed by atoms with van der Waals surface area (Å²) >= 11 is 0. The molecule has 56 valence electrons. The van der Waals surface area contributed by atoms with E-state index >= 15 is 0 Å². The molecule has 10 heavy (non-hydrogen) atoms. The minimum absolute atomic E-state index is 0.250. The zero-order valence-corrected chi connectivity index (χ0v) is 6.13. The second-order valence-electron chi connectivity index (χ2n) is 1.80. The highest BCUT2D eigenvalue weighted by Crippen LogP contribution is 2.04. The maximum absolute atomic E-state index is 8.58. The molecule has 0 aromatic carbocycles. The molecule has 3 nitrogen and oxygen atoms in total.